The predicted octanol–water partition coefficient (Wildman–Crippen LogP) is 2.69. The van der Waals surface area contributed by atoms with Gasteiger partial charge in [0, 0.05) is 25.2 Å². The molecule has 4 nitrogen and oxygen atoms in total. The molecule has 0 bridgehead atoms. The molecule has 1 amide bonds. The van der Waals surface area contributed by atoms with Gasteiger partial charge in [-0.15, -0.1) is 0 Å². The molecule has 108 valence electrons. The number of carbonyl (C=O) groups excluding carboxylic acids is 1. The van der Waals surface area contributed by atoms with Crippen molar-refractivity contribution in [1.82, 2.24) is 10.2 Å². The van der Waals surface area contributed by atoms with Crippen molar-refractivity contribution in [1.29, 1.82) is 0 Å². The second-order valence-electron chi connectivity index (χ2n) is 6.77. The Balaban J connectivity index is 1.77. The average Bonchev–Trinajstić information content (AvgIpc) is 2.20. The van der Waals surface area contributed by atoms with Crippen molar-refractivity contribution in [2.45, 2.75) is 64.6 Å². The Bertz CT molecular complexity index is 363. The first-order valence-corrected chi connectivity index (χ1v) is 7.27. The van der Waals surface area contributed by atoms with Crippen LogP contribution in [-0.2, 0) is 4.74 Å². The summed E-state index contributed by atoms with van der Waals surface area (Å²) in [5.74, 6) is 0. The average molecular weight is 266 g/mol. The van der Waals surface area contributed by atoms with Crippen LogP contribution in [0.4, 0.5) is 4.79 Å². The summed E-state index contributed by atoms with van der Waals surface area (Å²) in [7, 11) is 0. The van der Waals surface area contributed by atoms with Crippen molar-refractivity contribution in [3.63, 3.8) is 0 Å². The third kappa shape index (κ3) is 4.23. The molecular weight excluding hydrogens is 240 g/mol. The molecule has 0 saturated carbocycles. The van der Waals surface area contributed by atoms with Crippen molar-refractivity contribution in [3.05, 3.63) is 11.6 Å². The van der Waals surface area contributed by atoms with Gasteiger partial charge in [-0.1, -0.05) is 12.5 Å². The van der Waals surface area contributed by atoms with Crippen LogP contribution in [0, 0.1) is 0 Å². The second kappa shape index (κ2) is 5.53. The highest BCUT2D eigenvalue weighted by atomic mass is 16.6. The van der Waals surface area contributed by atoms with E-state index < -0.39 is 5.60 Å². The maximum Gasteiger partial charge on any atom is 0.410 e. The van der Waals surface area contributed by atoms with Gasteiger partial charge in [0.2, 0.25) is 0 Å². The highest BCUT2D eigenvalue weighted by Crippen LogP contribution is 2.21. The van der Waals surface area contributed by atoms with Gasteiger partial charge in [0.1, 0.15) is 5.60 Å². The monoisotopic (exact) mass is 266 g/mol. The predicted molar refractivity (Wildman–Crippen MR) is 76.1 cm³/mol. The summed E-state index contributed by atoms with van der Waals surface area (Å²) in [6.07, 6.45) is 5.87. The molecule has 2 rings (SSSR count). The zero-order valence-corrected chi connectivity index (χ0v) is 12.5. The van der Waals surface area contributed by atoms with Gasteiger partial charge < -0.3 is 15.0 Å². The highest BCUT2D eigenvalue weighted by Gasteiger charge is 2.30. The number of carbonyl (C=O) groups is 1. The van der Waals surface area contributed by atoms with E-state index >= 15 is 0 Å². The van der Waals surface area contributed by atoms with E-state index in [-0.39, 0.29) is 6.09 Å². The lowest BCUT2D eigenvalue weighted by Crippen LogP contribution is -2.48. The van der Waals surface area contributed by atoms with Crippen LogP contribution in [0.25, 0.3) is 0 Å². The Morgan fingerprint density at radius 3 is 2.63 bits per heavy atom. The zero-order chi connectivity index (χ0) is 14.0. The van der Waals surface area contributed by atoms with E-state index in [0.29, 0.717) is 12.1 Å². The van der Waals surface area contributed by atoms with Gasteiger partial charge in [0.15, 0.2) is 0 Å². The van der Waals surface area contributed by atoms with Crippen LogP contribution in [0.15, 0.2) is 11.6 Å². The summed E-state index contributed by atoms with van der Waals surface area (Å²) < 4.78 is 5.34. The number of rotatable bonds is 1. The molecule has 4 heteroatoms. The summed E-state index contributed by atoms with van der Waals surface area (Å²) in [6.45, 7) is 9.37. The number of nitrogens with zero attached hydrogens (tertiary/aromatic N) is 1. The molecule has 1 N–H and O–H groups in total. The van der Waals surface area contributed by atoms with Crippen molar-refractivity contribution in [3.8, 4) is 0 Å². The molecule has 0 aromatic rings. The SMILES string of the molecule is CC1CCCC(C=C2CN(C(=O)OC(C)(C)C)C2)N1. The number of ether oxygens (including phenoxy) is 1. The minimum atomic E-state index is -0.406. The molecule has 0 radical (unpaired) electrons. The molecule has 2 heterocycles. The largest absolute Gasteiger partial charge is 0.444 e. The first-order chi connectivity index (χ1) is 8.83. The molecule has 2 aliphatic rings. The standard InChI is InChI=1S/C15H26N2O2/c1-11-6-5-7-13(16-11)8-12-9-17(10-12)14(18)19-15(2,3)4/h8,11,13,16H,5-7,9-10H2,1-4H3. The summed E-state index contributed by atoms with van der Waals surface area (Å²) in [5.41, 5.74) is 0.939. The first kappa shape index (κ1) is 14.4. The third-order valence-corrected chi connectivity index (χ3v) is 3.53. The Morgan fingerprint density at radius 2 is 2.05 bits per heavy atom. The van der Waals surface area contributed by atoms with Gasteiger partial charge in [-0.05, 0) is 46.1 Å². The van der Waals surface area contributed by atoms with Gasteiger partial charge in [-0.3, -0.25) is 0 Å². The number of nitrogens with one attached hydrogen (secondary N) is 1. The van der Waals surface area contributed by atoms with Crippen molar-refractivity contribution >= 4 is 6.09 Å². The van der Waals surface area contributed by atoms with E-state index in [9.17, 15) is 4.79 Å². The second-order valence-corrected chi connectivity index (χ2v) is 6.77. The number of likely N-dealkylation sites (tertiary alicyclic amines) is 1. The van der Waals surface area contributed by atoms with Crippen LogP contribution in [0.3, 0.4) is 0 Å². The maximum absolute atomic E-state index is 11.8. The third-order valence-electron chi connectivity index (χ3n) is 3.53. The molecule has 0 spiro atoms. The van der Waals surface area contributed by atoms with Crippen molar-refractivity contribution in [2.24, 2.45) is 0 Å². The quantitative estimate of drug-likeness (QED) is 0.742. The Hall–Kier alpha value is -1.03. The molecule has 2 saturated heterocycles. The lowest BCUT2D eigenvalue weighted by Gasteiger charge is -2.37. The molecule has 2 atom stereocenters. The number of amides is 1. The smallest absolute Gasteiger partial charge is 0.410 e. The van der Waals surface area contributed by atoms with Crippen molar-refractivity contribution < 1.29 is 9.53 Å². The summed E-state index contributed by atoms with van der Waals surface area (Å²) >= 11 is 0. The summed E-state index contributed by atoms with van der Waals surface area (Å²) in [5, 5.41) is 3.59. The number of hydrogen-bond donors (Lipinski definition) is 1. The van der Waals surface area contributed by atoms with Crippen LogP contribution in [0.5, 0.6) is 0 Å². The molecule has 2 fully saturated rings. The molecule has 2 unspecified atom stereocenters. The van der Waals surface area contributed by atoms with Crippen LogP contribution in [0.1, 0.15) is 47.0 Å². The molecular formula is C15H26N2O2. The van der Waals surface area contributed by atoms with E-state index in [2.05, 4.69) is 18.3 Å². The Kier molecular flexibility index (Phi) is 4.19. The van der Waals surface area contributed by atoms with Gasteiger partial charge >= 0.3 is 6.09 Å². The van der Waals surface area contributed by atoms with E-state index in [1.165, 1.54) is 24.8 Å². The van der Waals surface area contributed by atoms with E-state index in [4.69, 9.17) is 4.74 Å². The fourth-order valence-electron chi connectivity index (χ4n) is 2.60. The lowest BCUT2D eigenvalue weighted by molar-refractivity contribution is 0.0213. The fourth-order valence-corrected chi connectivity index (χ4v) is 2.60. The number of piperidine rings is 1. The van der Waals surface area contributed by atoms with Crippen LogP contribution < -0.4 is 5.32 Å². The minimum absolute atomic E-state index is 0.199. The van der Waals surface area contributed by atoms with Gasteiger partial charge in [0.05, 0.1) is 0 Å². The summed E-state index contributed by atoms with van der Waals surface area (Å²) in [4.78, 5) is 13.5. The minimum Gasteiger partial charge on any atom is -0.444 e. The molecule has 19 heavy (non-hydrogen) atoms. The van der Waals surface area contributed by atoms with Crippen molar-refractivity contribution in [2.75, 3.05) is 13.1 Å². The highest BCUT2D eigenvalue weighted by molar-refractivity contribution is 5.70. The number of hydrogen-bond acceptors (Lipinski definition) is 3. The molecule has 0 aromatic heterocycles. The molecule has 0 aliphatic carbocycles. The summed E-state index contributed by atoms with van der Waals surface area (Å²) in [6, 6.07) is 1.09. The van der Waals surface area contributed by atoms with Gasteiger partial charge in [-0.25, -0.2) is 4.79 Å². The molecule has 0 aromatic carbocycles. The van der Waals surface area contributed by atoms with Crippen LogP contribution >= 0.6 is 0 Å². The van der Waals surface area contributed by atoms with Crippen LogP contribution in [-0.4, -0.2) is 41.8 Å². The van der Waals surface area contributed by atoms with Gasteiger partial charge in [0.25, 0.3) is 0 Å². The zero-order valence-electron chi connectivity index (χ0n) is 12.5. The topological polar surface area (TPSA) is 41.6 Å². The molecule has 2 aliphatic heterocycles. The van der Waals surface area contributed by atoms with E-state index in [1.54, 1.807) is 4.90 Å². The fraction of sp³-hybridized carbons (Fsp3) is 0.800. The Labute approximate surface area is 116 Å². The van der Waals surface area contributed by atoms with E-state index in [0.717, 1.165) is 13.1 Å². The van der Waals surface area contributed by atoms with Crippen LogP contribution in [0.2, 0.25) is 0 Å². The first-order valence-electron chi connectivity index (χ1n) is 7.27. The van der Waals surface area contributed by atoms with Gasteiger partial charge in [-0.2, -0.15) is 0 Å². The Morgan fingerprint density at radius 1 is 1.37 bits per heavy atom. The van der Waals surface area contributed by atoms with E-state index in [1.807, 2.05) is 20.8 Å². The maximum atomic E-state index is 11.8. The lowest BCUT2D eigenvalue weighted by atomic mass is 9.96. The normalized spacial score (nSPS) is 27.8.